The lowest BCUT2D eigenvalue weighted by Crippen LogP contribution is -2.54. The maximum absolute atomic E-state index is 10.6. The summed E-state index contributed by atoms with van der Waals surface area (Å²) in [5.41, 5.74) is 2.50. The van der Waals surface area contributed by atoms with E-state index in [1.165, 1.54) is 6.21 Å². The zero-order chi connectivity index (χ0) is 24.5. The van der Waals surface area contributed by atoms with Crippen LogP contribution in [-0.2, 0) is 16.0 Å². The van der Waals surface area contributed by atoms with E-state index in [9.17, 15) is 15.3 Å². The Kier molecular flexibility index (Phi) is 9.75. The number of aliphatic hydroxyl groups excluding tert-OH is 3. The van der Waals surface area contributed by atoms with Crippen LogP contribution in [0.2, 0.25) is 5.02 Å². The third-order valence-corrected chi connectivity index (χ3v) is 5.77. The van der Waals surface area contributed by atoms with Gasteiger partial charge in [-0.15, -0.1) is 0 Å². The van der Waals surface area contributed by atoms with Gasteiger partial charge in [0.15, 0.2) is 6.61 Å². The molecule has 0 aromatic heterocycles. The number of halogens is 1. The van der Waals surface area contributed by atoms with Gasteiger partial charge >= 0.3 is 0 Å². The molecule has 8 heteroatoms. The molecule has 7 nitrogen and oxygen atoms in total. The molecule has 1 aliphatic heterocycles. The van der Waals surface area contributed by atoms with Crippen LogP contribution in [0.15, 0.2) is 47.6 Å². The van der Waals surface area contributed by atoms with Crippen molar-refractivity contribution in [3.8, 4) is 17.6 Å². The highest BCUT2D eigenvalue weighted by molar-refractivity contribution is 6.31. The third-order valence-electron chi connectivity index (χ3n) is 5.40. The van der Waals surface area contributed by atoms with Gasteiger partial charge in [-0.2, -0.15) is 0 Å². The zero-order valence-electron chi connectivity index (χ0n) is 19.2. The Labute approximate surface area is 204 Å². The predicted octanol–water partition coefficient (Wildman–Crippen LogP) is 3.27. The fourth-order valence-electron chi connectivity index (χ4n) is 3.65. The lowest BCUT2D eigenvalue weighted by Gasteiger charge is -2.39. The molecule has 1 heterocycles. The molecule has 2 aromatic carbocycles. The molecule has 0 amide bonds. The number of oxime groups is 1. The van der Waals surface area contributed by atoms with Gasteiger partial charge in [0, 0.05) is 11.4 Å². The van der Waals surface area contributed by atoms with Crippen molar-refractivity contribution in [2.75, 3.05) is 13.2 Å². The highest BCUT2D eigenvalue weighted by Gasteiger charge is 2.43. The van der Waals surface area contributed by atoms with Gasteiger partial charge in [-0.25, -0.2) is 0 Å². The summed E-state index contributed by atoms with van der Waals surface area (Å²) >= 11 is 6.44. The van der Waals surface area contributed by atoms with Crippen LogP contribution in [0, 0.1) is 11.8 Å². The first-order valence-electron chi connectivity index (χ1n) is 11.3. The van der Waals surface area contributed by atoms with E-state index in [-0.39, 0.29) is 6.61 Å². The van der Waals surface area contributed by atoms with Crippen LogP contribution in [-0.4, -0.2) is 59.2 Å². The summed E-state index contributed by atoms with van der Waals surface area (Å²) in [6, 6.07) is 13.0. The van der Waals surface area contributed by atoms with Crippen molar-refractivity contribution in [3.05, 3.63) is 64.2 Å². The van der Waals surface area contributed by atoms with Crippen LogP contribution in [0.3, 0.4) is 0 Å². The SMILES string of the molecule is CCC#CCO/N=C/[C@H]1O[C@@H](c2ccc(Cl)c(Cc3ccc(OCC)cc3)c2)[C@H](O)[C@@H](O)[C@@H]1O. The topological polar surface area (TPSA) is 101 Å². The number of benzene rings is 2. The summed E-state index contributed by atoms with van der Waals surface area (Å²) in [4.78, 5) is 5.05. The Morgan fingerprint density at radius 1 is 1.03 bits per heavy atom. The molecule has 0 bridgehead atoms. The molecule has 0 spiro atoms. The number of ether oxygens (including phenoxy) is 2. The van der Waals surface area contributed by atoms with Crippen LogP contribution in [0.4, 0.5) is 0 Å². The number of nitrogens with zero attached hydrogens (tertiary/aromatic N) is 1. The lowest BCUT2D eigenvalue weighted by molar-refractivity contribution is -0.205. The fraction of sp³-hybridized carbons (Fsp3) is 0.423. The molecule has 1 fully saturated rings. The number of aliphatic hydroxyl groups is 3. The van der Waals surface area contributed by atoms with Gasteiger partial charge in [0.2, 0.25) is 0 Å². The summed E-state index contributed by atoms with van der Waals surface area (Å²) in [5, 5.41) is 35.7. The molecule has 182 valence electrons. The molecule has 0 aliphatic carbocycles. The average molecular weight is 488 g/mol. The van der Waals surface area contributed by atoms with Gasteiger partial charge in [0.05, 0.1) is 12.8 Å². The molecular weight excluding hydrogens is 458 g/mol. The molecular formula is C26H30ClNO6. The lowest BCUT2D eigenvalue weighted by atomic mass is 9.90. The predicted molar refractivity (Wildman–Crippen MR) is 130 cm³/mol. The van der Waals surface area contributed by atoms with Gasteiger partial charge in [-0.3, -0.25) is 0 Å². The van der Waals surface area contributed by atoms with E-state index < -0.39 is 30.5 Å². The Hall–Kier alpha value is -2.60. The Bertz CT molecular complexity index is 1020. The van der Waals surface area contributed by atoms with Crippen LogP contribution in [0.25, 0.3) is 0 Å². The number of hydrogen-bond acceptors (Lipinski definition) is 7. The highest BCUT2D eigenvalue weighted by atomic mass is 35.5. The first-order chi connectivity index (χ1) is 16.4. The van der Waals surface area contributed by atoms with E-state index in [1.54, 1.807) is 12.1 Å². The minimum Gasteiger partial charge on any atom is -0.494 e. The van der Waals surface area contributed by atoms with Gasteiger partial charge in [0.1, 0.15) is 36.3 Å². The van der Waals surface area contributed by atoms with Crippen molar-refractivity contribution in [3.63, 3.8) is 0 Å². The average Bonchev–Trinajstić information content (AvgIpc) is 2.84. The molecule has 3 N–H and O–H groups in total. The van der Waals surface area contributed by atoms with Crippen LogP contribution in [0.5, 0.6) is 5.75 Å². The normalized spacial score (nSPS) is 24.5. The van der Waals surface area contributed by atoms with E-state index in [1.807, 2.05) is 44.2 Å². The van der Waals surface area contributed by atoms with Crippen molar-refractivity contribution in [1.29, 1.82) is 0 Å². The largest absolute Gasteiger partial charge is 0.494 e. The summed E-state index contributed by atoms with van der Waals surface area (Å²) in [7, 11) is 0. The van der Waals surface area contributed by atoms with E-state index in [2.05, 4.69) is 17.0 Å². The van der Waals surface area contributed by atoms with E-state index in [4.69, 9.17) is 25.9 Å². The van der Waals surface area contributed by atoms with Crippen molar-refractivity contribution in [2.24, 2.45) is 5.16 Å². The van der Waals surface area contributed by atoms with Crippen LogP contribution in [0.1, 0.15) is 43.1 Å². The molecule has 34 heavy (non-hydrogen) atoms. The highest BCUT2D eigenvalue weighted by Crippen LogP contribution is 2.34. The van der Waals surface area contributed by atoms with E-state index in [0.717, 1.165) is 16.9 Å². The molecule has 5 atom stereocenters. The van der Waals surface area contributed by atoms with E-state index >= 15 is 0 Å². The number of rotatable bonds is 8. The molecule has 0 radical (unpaired) electrons. The summed E-state index contributed by atoms with van der Waals surface area (Å²) in [6.07, 6.45) is -3.47. The van der Waals surface area contributed by atoms with Gasteiger partial charge < -0.3 is 29.6 Å². The second-order valence-electron chi connectivity index (χ2n) is 7.83. The maximum atomic E-state index is 10.6. The summed E-state index contributed by atoms with van der Waals surface area (Å²) in [6.45, 7) is 4.56. The standard InChI is InChI=1S/C26H30ClNO6/c1-3-5-6-13-33-28-16-22-23(29)24(30)25(31)26(34-22)18-9-12-21(27)19(15-18)14-17-7-10-20(11-8-17)32-4-2/h7-12,15-16,22-26,29-31H,3-4,13-14H2,1-2H3/b28-16+/t22-,23-,24+,25-,26+/m1/s1. The number of hydrogen-bond donors (Lipinski definition) is 3. The fourth-order valence-corrected chi connectivity index (χ4v) is 3.83. The molecule has 1 aliphatic rings. The first-order valence-corrected chi connectivity index (χ1v) is 11.6. The summed E-state index contributed by atoms with van der Waals surface area (Å²) < 4.78 is 11.4. The second-order valence-corrected chi connectivity index (χ2v) is 8.24. The molecule has 1 saturated heterocycles. The van der Waals surface area contributed by atoms with E-state index in [0.29, 0.717) is 30.0 Å². The smallest absolute Gasteiger partial charge is 0.177 e. The first kappa shape index (κ1) is 26.0. The maximum Gasteiger partial charge on any atom is 0.177 e. The van der Waals surface area contributed by atoms with Gasteiger partial charge in [0.25, 0.3) is 0 Å². The molecule has 0 unspecified atom stereocenters. The monoisotopic (exact) mass is 487 g/mol. The molecule has 3 rings (SSSR count). The van der Waals surface area contributed by atoms with Gasteiger partial charge in [-0.05, 0) is 48.2 Å². The van der Waals surface area contributed by atoms with Crippen molar-refractivity contribution < 1.29 is 29.6 Å². The Balaban J connectivity index is 1.75. The van der Waals surface area contributed by atoms with Crippen molar-refractivity contribution in [2.45, 2.75) is 57.2 Å². The van der Waals surface area contributed by atoms with Crippen molar-refractivity contribution in [1.82, 2.24) is 0 Å². The molecule has 2 aromatic rings. The quantitative estimate of drug-likeness (QED) is 0.229. The Morgan fingerprint density at radius 2 is 1.79 bits per heavy atom. The van der Waals surface area contributed by atoms with Crippen LogP contribution < -0.4 is 4.74 Å². The minimum atomic E-state index is -1.43. The third kappa shape index (κ3) is 6.72. The zero-order valence-corrected chi connectivity index (χ0v) is 20.0. The van der Waals surface area contributed by atoms with Crippen molar-refractivity contribution >= 4 is 17.8 Å². The van der Waals surface area contributed by atoms with Crippen LogP contribution >= 0.6 is 11.6 Å². The second kappa shape index (κ2) is 12.7. The minimum absolute atomic E-state index is 0.105. The molecule has 0 saturated carbocycles. The summed E-state index contributed by atoms with van der Waals surface area (Å²) in [5.74, 6) is 6.43. The van der Waals surface area contributed by atoms with Gasteiger partial charge in [-0.1, -0.05) is 59.8 Å². The Morgan fingerprint density at radius 3 is 2.50 bits per heavy atom.